The molecule has 9 heteroatoms. The summed E-state index contributed by atoms with van der Waals surface area (Å²) in [5.74, 6) is -2.35. The van der Waals surface area contributed by atoms with Crippen LogP contribution in [0.25, 0.3) is 5.52 Å². The number of fused-ring (bicyclic) bond motifs is 1. The molecule has 30 heavy (non-hydrogen) atoms. The highest BCUT2D eigenvalue weighted by Gasteiger charge is 2.21. The van der Waals surface area contributed by atoms with Gasteiger partial charge in [-0.3, -0.25) is 14.4 Å². The van der Waals surface area contributed by atoms with Gasteiger partial charge >= 0.3 is 0 Å². The minimum absolute atomic E-state index is 0.0228. The second-order valence-electron chi connectivity index (χ2n) is 6.86. The molecule has 0 radical (unpaired) electrons. The highest BCUT2D eigenvalue weighted by molar-refractivity contribution is 5.96. The number of halogens is 2. The van der Waals surface area contributed by atoms with Crippen molar-refractivity contribution in [3.63, 3.8) is 0 Å². The number of hydrogen-bond donors (Lipinski definition) is 1. The number of ether oxygens (including phenoxy) is 1. The Kier molecular flexibility index (Phi) is 6.12. The lowest BCUT2D eigenvalue weighted by molar-refractivity contribution is 0.0980. The Morgan fingerprint density at radius 1 is 1.23 bits per heavy atom. The van der Waals surface area contributed by atoms with Crippen molar-refractivity contribution >= 4 is 11.3 Å². The van der Waals surface area contributed by atoms with E-state index in [-0.39, 0.29) is 41.8 Å². The molecule has 0 amide bonds. The van der Waals surface area contributed by atoms with Crippen LogP contribution in [0.15, 0.2) is 46.4 Å². The molecule has 1 aromatic carbocycles. The highest BCUT2D eigenvalue weighted by atomic mass is 19.1. The minimum atomic E-state index is -0.769. The molecule has 3 rings (SSSR count). The Labute approximate surface area is 169 Å². The van der Waals surface area contributed by atoms with Crippen molar-refractivity contribution in [3.05, 3.63) is 80.1 Å². The molecule has 0 unspecified atom stereocenters. The van der Waals surface area contributed by atoms with Crippen LogP contribution in [0.1, 0.15) is 35.3 Å². The number of aromatic nitrogens is 2. The summed E-state index contributed by atoms with van der Waals surface area (Å²) in [6.45, 7) is 1.36. The number of carbonyl (C=O) groups is 1. The molecule has 1 atom stereocenters. The summed E-state index contributed by atoms with van der Waals surface area (Å²) in [5, 5.41) is 9.32. The van der Waals surface area contributed by atoms with Crippen molar-refractivity contribution in [3.8, 4) is 5.75 Å². The fourth-order valence-electron chi connectivity index (χ4n) is 3.20. The normalized spacial score (nSPS) is 12.2. The lowest BCUT2D eigenvalue weighted by Gasteiger charge is -2.15. The number of nitrogens with zero attached hydrogens (tertiary/aromatic N) is 2. The molecule has 0 bridgehead atoms. The van der Waals surface area contributed by atoms with Gasteiger partial charge in [0.2, 0.25) is 5.43 Å². The smallest absolute Gasteiger partial charge is 0.279 e. The molecular formula is C21H20F2N2O5. The van der Waals surface area contributed by atoms with Crippen LogP contribution in [0.4, 0.5) is 8.78 Å². The number of Topliss-reactive ketones (excluding diaryl/α,β-unsaturated/α-hetero) is 1. The van der Waals surface area contributed by atoms with Crippen molar-refractivity contribution in [1.82, 2.24) is 8.97 Å². The van der Waals surface area contributed by atoms with Crippen molar-refractivity contribution in [2.75, 3.05) is 13.7 Å². The SMILES string of the molecule is COc1c(=O)c(C(=O)CCc2ccc(F)cc2F)cn2ccn([C@@H](C)CO)c(=O)c12. The Bertz CT molecular complexity index is 1230. The number of carbonyl (C=O) groups excluding carboxylic acids is 1. The van der Waals surface area contributed by atoms with E-state index in [4.69, 9.17) is 4.74 Å². The maximum atomic E-state index is 13.8. The van der Waals surface area contributed by atoms with Crippen LogP contribution in [0.5, 0.6) is 5.75 Å². The summed E-state index contributed by atoms with van der Waals surface area (Å²) in [4.78, 5) is 38.2. The van der Waals surface area contributed by atoms with Gasteiger partial charge in [0.1, 0.15) is 11.6 Å². The van der Waals surface area contributed by atoms with Gasteiger partial charge in [-0.15, -0.1) is 0 Å². The molecule has 0 spiro atoms. The topological polar surface area (TPSA) is 90.0 Å². The second kappa shape index (κ2) is 8.58. The first kappa shape index (κ1) is 21.4. The van der Waals surface area contributed by atoms with Crippen molar-refractivity contribution in [2.45, 2.75) is 25.8 Å². The summed E-state index contributed by atoms with van der Waals surface area (Å²) < 4.78 is 34.5. The third kappa shape index (κ3) is 3.88. The van der Waals surface area contributed by atoms with E-state index in [1.807, 2.05) is 0 Å². The second-order valence-corrected chi connectivity index (χ2v) is 6.86. The molecule has 0 aliphatic heterocycles. The standard InChI is InChI=1S/C21H20F2N2O5/c1-12(11-26)25-8-7-24-10-15(19(28)20(30-2)18(24)21(25)29)17(27)6-4-13-3-5-14(22)9-16(13)23/h3,5,7-10,12,26H,4,6,11H2,1-2H3/t12-/m0/s1. The summed E-state index contributed by atoms with van der Waals surface area (Å²) in [6.07, 6.45) is 3.93. The zero-order chi connectivity index (χ0) is 22.0. The average Bonchev–Trinajstić information content (AvgIpc) is 2.72. The predicted octanol–water partition coefficient (Wildman–Crippen LogP) is 2.12. The van der Waals surface area contributed by atoms with E-state index in [1.54, 1.807) is 6.92 Å². The van der Waals surface area contributed by atoms with Gasteiger partial charge in [-0.05, 0) is 25.0 Å². The third-order valence-electron chi connectivity index (χ3n) is 4.90. The molecule has 7 nitrogen and oxygen atoms in total. The van der Waals surface area contributed by atoms with Crippen LogP contribution in [0.3, 0.4) is 0 Å². The molecule has 0 saturated carbocycles. The van der Waals surface area contributed by atoms with Crippen molar-refractivity contribution in [2.24, 2.45) is 0 Å². The maximum absolute atomic E-state index is 13.8. The van der Waals surface area contributed by atoms with E-state index < -0.39 is 34.4 Å². The Morgan fingerprint density at radius 2 is 1.97 bits per heavy atom. The molecule has 0 saturated heterocycles. The van der Waals surface area contributed by atoms with E-state index in [1.165, 1.54) is 40.7 Å². The molecule has 3 aromatic rings. The zero-order valence-electron chi connectivity index (χ0n) is 16.4. The van der Waals surface area contributed by atoms with Gasteiger partial charge in [0.05, 0.1) is 25.3 Å². The third-order valence-corrected chi connectivity index (χ3v) is 4.90. The molecule has 1 N–H and O–H groups in total. The van der Waals surface area contributed by atoms with Gasteiger partial charge < -0.3 is 18.8 Å². The first-order valence-electron chi connectivity index (χ1n) is 9.20. The lowest BCUT2D eigenvalue weighted by Crippen LogP contribution is -2.29. The number of hydrogen-bond acceptors (Lipinski definition) is 5. The van der Waals surface area contributed by atoms with Gasteiger partial charge in [0, 0.05) is 31.1 Å². The van der Waals surface area contributed by atoms with E-state index in [0.717, 1.165) is 12.1 Å². The highest BCUT2D eigenvalue weighted by Crippen LogP contribution is 2.17. The summed E-state index contributed by atoms with van der Waals surface area (Å²) in [5.41, 5.74) is -1.43. The van der Waals surface area contributed by atoms with Gasteiger partial charge in [0.25, 0.3) is 5.56 Å². The van der Waals surface area contributed by atoms with Crippen molar-refractivity contribution < 1.29 is 23.4 Å². The number of methoxy groups -OCH3 is 1. The number of aliphatic hydroxyl groups excluding tert-OH is 1. The number of pyridine rings is 1. The zero-order valence-corrected chi connectivity index (χ0v) is 16.4. The number of benzene rings is 1. The molecule has 0 aliphatic carbocycles. The van der Waals surface area contributed by atoms with Crippen LogP contribution in [0, 0.1) is 11.6 Å². The Hall–Kier alpha value is -3.33. The van der Waals surface area contributed by atoms with Gasteiger partial charge in [-0.2, -0.15) is 0 Å². The number of ketones is 1. The van der Waals surface area contributed by atoms with Crippen LogP contribution in [-0.2, 0) is 6.42 Å². The van der Waals surface area contributed by atoms with E-state index in [9.17, 15) is 28.3 Å². The molecule has 0 aliphatic rings. The minimum Gasteiger partial charge on any atom is -0.491 e. The average molecular weight is 418 g/mol. The first-order valence-corrected chi connectivity index (χ1v) is 9.20. The number of aryl methyl sites for hydroxylation is 1. The summed E-state index contributed by atoms with van der Waals surface area (Å²) in [7, 11) is 1.21. The summed E-state index contributed by atoms with van der Waals surface area (Å²) >= 11 is 0. The Balaban J connectivity index is 2.02. The monoisotopic (exact) mass is 418 g/mol. The van der Waals surface area contributed by atoms with E-state index in [0.29, 0.717) is 0 Å². The molecule has 2 aromatic heterocycles. The van der Waals surface area contributed by atoms with Gasteiger partial charge in [-0.1, -0.05) is 6.07 Å². The molecular weight excluding hydrogens is 398 g/mol. The molecule has 2 heterocycles. The van der Waals surface area contributed by atoms with Crippen molar-refractivity contribution in [1.29, 1.82) is 0 Å². The van der Waals surface area contributed by atoms with Crippen LogP contribution in [0.2, 0.25) is 0 Å². The van der Waals surface area contributed by atoms with Crippen LogP contribution < -0.4 is 15.7 Å². The first-order chi connectivity index (χ1) is 14.3. The number of rotatable bonds is 7. The molecule has 0 fully saturated rings. The molecule has 158 valence electrons. The van der Waals surface area contributed by atoms with E-state index in [2.05, 4.69) is 0 Å². The maximum Gasteiger partial charge on any atom is 0.279 e. The lowest BCUT2D eigenvalue weighted by atomic mass is 10.0. The van der Waals surface area contributed by atoms with Crippen LogP contribution >= 0.6 is 0 Å². The van der Waals surface area contributed by atoms with E-state index >= 15 is 0 Å². The van der Waals surface area contributed by atoms with Gasteiger partial charge in [-0.25, -0.2) is 8.78 Å². The largest absolute Gasteiger partial charge is 0.491 e. The summed E-state index contributed by atoms with van der Waals surface area (Å²) in [6, 6.07) is 2.55. The van der Waals surface area contributed by atoms with Gasteiger partial charge in [0.15, 0.2) is 17.0 Å². The quantitative estimate of drug-likeness (QED) is 0.594. The fraction of sp³-hybridized carbons (Fsp3) is 0.286. The fourth-order valence-corrected chi connectivity index (χ4v) is 3.20. The Morgan fingerprint density at radius 3 is 2.60 bits per heavy atom. The number of aliphatic hydroxyl groups is 1. The predicted molar refractivity (Wildman–Crippen MR) is 105 cm³/mol. The van der Waals surface area contributed by atoms with Crippen LogP contribution in [-0.4, -0.2) is 33.6 Å².